The van der Waals surface area contributed by atoms with Gasteiger partial charge in [-0.05, 0) is 46.6 Å². The second kappa shape index (κ2) is 5.07. The van der Waals surface area contributed by atoms with E-state index in [-0.39, 0.29) is 0 Å². The molecule has 16 heavy (non-hydrogen) atoms. The molecular weight excluding hydrogens is 266 g/mol. The number of hydrogen-bond acceptors (Lipinski definition) is 3. The molecule has 2 rings (SSSR count). The predicted molar refractivity (Wildman–Crippen MR) is 68.2 cm³/mol. The summed E-state index contributed by atoms with van der Waals surface area (Å²) in [7, 11) is 0. The van der Waals surface area contributed by atoms with Crippen molar-refractivity contribution in [2.45, 2.75) is 13.5 Å². The minimum absolute atomic E-state index is 0.683. The van der Waals surface area contributed by atoms with E-state index in [1.807, 2.05) is 18.2 Å². The lowest BCUT2D eigenvalue weighted by Crippen LogP contribution is -2.05. The average Bonchev–Trinajstić information content (AvgIpc) is 2.30. The molecule has 82 valence electrons. The third kappa shape index (κ3) is 2.58. The van der Waals surface area contributed by atoms with E-state index in [1.54, 1.807) is 12.4 Å². The Kier molecular flexibility index (Phi) is 3.51. The number of aromatic nitrogens is 2. The van der Waals surface area contributed by atoms with Crippen LogP contribution in [0.5, 0.6) is 0 Å². The van der Waals surface area contributed by atoms with Gasteiger partial charge in [-0.3, -0.25) is 4.98 Å². The minimum Gasteiger partial charge on any atom is -0.363 e. The molecule has 2 aromatic heterocycles. The summed E-state index contributed by atoms with van der Waals surface area (Å²) < 4.78 is 0.962. The lowest BCUT2D eigenvalue weighted by atomic mass is 10.2. The molecule has 0 aliphatic carbocycles. The number of hydrogen-bond donors (Lipinski definition) is 1. The van der Waals surface area contributed by atoms with Crippen LogP contribution in [0.4, 0.5) is 5.82 Å². The Morgan fingerprint density at radius 1 is 1.19 bits per heavy atom. The van der Waals surface area contributed by atoms with Crippen LogP contribution in [0.25, 0.3) is 0 Å². The first-order valence-electron chi connectivity index (χ1n) is 5.02. The molecule has 0 unspecified atom stereocenters. The highest BCUT2D eigenvalue weighted by Gasteiger charge is 2.01. The van der Waals surface area contributed by atoms with E-state index < -0.39 is 0 Å². The van der Waals surface area contributed by atoms with Crippen molar-refractivity contribution < 1.29 is 0 Å². The van der Waals surface area contributed by atoms with Crippen LogP contribution in [-0.2, 0) is 6.54 Å². The molecule has 2 heterocycles. The molecule has 0 atom stereocenters. The van der Waals surface area contributed by atoms with Gasteiger partial charge in [-0.2, -0.15) is 0 Å². The summed E-state index contributed by atoms with van der Waals surface area (Å²) in [6.07, 6.45) is 3.57. The van der Waals surface area contributed by atoms with Gasteiger partial charge in [0.25, 0.3) is 0 Å². The summed E-state index contributed by atoms with van der Waals surface area (Å²) in [6.45, 7) is 2.74. The van der Waals surface area contributed by atoms with Crippen LogP contribution in [0.3, 0.4) is 0 Å². The molecule has 3 nitrogen and oxygen atoms in total. The Morgan fingerprint density at radius 3 is 2.69 bits per heavy atom. The van der Waals surface area contributed by atoms with Crippen LogP contribution in [0, 0.1) is 6.92 Å². The van der Waals surface area contributed by atoms with Gasteiger partial charge in [-0.15, -0.1) is 0 Å². The van der Waals surface area contributed by atoms with Crippen LogP contribution in [-0.4, -0.2) is 9.97 Å². The molecule has 1 N–H and O–H groups in total. The first-order valence-corrected chi connectivity index (χ1v) is 5.81. The fraction of sp³-hybridized carbons (Fsp3) is 0.167. The molecule has 0 aliphatic rings. The fourth-order valence-corrected chi connectivity index (χ4v) is 1.78. The van der Waals surface area contributed by atoms with Crippen LogP contribution in [0.2, 0.25) is 0 Å². The van der Waals surface area contributed by atoms with Crippen LogP contribution >= 0.6 is 15.9 Å². The van der Waals surface area contributed by atoms with Gasteiger partial charge in [0, 0.05) is 12.4 Å². The summed E-state index contributed by atoms with van der Waals surface area (Å²) in [6, 6.07) is 7.84. The maximum absolute atomic E-state index is 4.32. The number of pyridine rings is 2. The first kappa shape index (κ1) is 11.1. The average molecular weight is 278 g/mol. The maximum atomic E-state index is 4.32. The molecule has 0 fully saturated rings. The number of nitrogens with one attached hydrogen (secondary N) is 1. The standard InChI is InChI=1S/C12H12BrN3/c1-9-4-2-6-14-11(9)8-16-12-10(13)5-3-7-15-12/h2-7H,8H2,1H3,(H,15,16). The molecule has 0 bridgehead atoms. The fourth-order valence-electron chi connectivity index (χ4n) is 1.39. The van der Waals surface area contributed by atoms with Crippen molar-refractivity contribution in [3.05, 3.63) is 52.4 Å². The highest BCUT2D eigenvalue weighted by molar-refractivity contribution is 9.10. The predicted octanol–water partition coefficient (Wildman–Crippen LogP) is 3.16. The Labute approximate surface area is 103 Å². The molecule has 0 aliphatic heterocycles. The molecule has 0 saturated heterocycles. The largest absolute Gasteiger partial charge is 0.363 e. The van der Waals surface area contributed by atoms with E-state index >= 15 is 0 Å². The van der Waals surface area contributed by atoms with Crippen molar-refractivity contribution in [1.82, 2.24) is 9.97 Å². The Balaban J connectivity index is 2.09. The number of aryl methyl sites for hydroxylation is 1. The van der Waals surface area contributed by atoms with Gasteiger partial charge in [0.05, 0.1) is 16.7 Å². The highest BCUT2D eigenvalue weighted by Crippen LogP contribution is 2.19. The summed E-state index contributed by atoms with van der Waals surface area (Å²) >= 11 is 3.44. The second-order valence-corrected chi connectivity index (χ2v) is 4.31. The first-order chi connectivity index (χ1) is 7.77. The zero-order valence-corrected chi connectivity index (χ0v) is 10.5. The van der Waals surface area contributed by atoms with Gasteiger partial charge in [0.2, 0.25) is 0 Å². The van der Waals surface area contributed by atoms with Crippen LogP contribution in [0.1, 0.15) is 11.3 Å². The minimum atomic E-state index is 0.683. The molecular formula is C12H12BrN3. The quantitative estimate of drug-likeness (QED) is 0.937. The van der Waals surface area contributed by atoms with Crippen molar-refractivity contribution in [1.29, 1.82) is 0 Å². The zero-order valence-electron chi connectivity index (χ0n) is 8.94. The number of rotatable bonds is 3. The van der Waals surface area contributed by atoms with E-state index in [2.05, 4.69) is 44.2 Å². The van der Waals surface area contributed by atoms with E-state index in [9.17, 15) is 0 Å². The molecule has 2 aromatic rings. The van der Waals surface area contributed by atoms with Crippen LogP contribution in [0.15, 0.2) is 41.1 Å². The summed E-state index contributed by atoms with van der Waals surface area (Å²) in [5, 5.41) is 3.25. The topological polar surface area (TPSA) is 37.8 Å². The monoisotopic (exact) mass is 277 g/mol. The summed E-state index contributed by atoms with van der Waals surface area (Å²) in [5.41, 5.74) is 2.22. The summed E-state index contributed by atoms with van der Waals surface area (Å²) in [5.74, 6) is 0.840. The smallest absolute Gasteiger partial charge is 0.140 e. The van der Waals surface area contributed by atoms with Gasteiger partial charge >= 0.3 is 0 Å². The van der Waals surface area contributed by atoms with E-state index in [0.717, 1.165) is 16.0 Å². The number of anilines is 1. The molecule has 0 aromatic carbocycles. The van der Waals surface area contributed by atoms with Crippen molar-refractivity contribution in [2.75, 3.05) is 5.32 Å². The Morgan fingerprint density at radius 2 is 1.94 bits per heavy atom. The SMILES string of the molecule is Cc1cccnc1CNc1ncccc1Br. The lowest BCUT2D eigenvalue weighted by molar-refractivity contribution is 1.00. The molecule has 0 spiro atoms. The zero-order chi connectivity index (χ0) is 11.4. The van der Waals surface area contributed by atoms with Crippen molar-refractivity contribution >= 4 is 21.7 Å². The van der Waals surface area contributed by atoms with Gasteiger partial charge in [0.15, 0.2) is 0 Å². The third-order valence-corrected chi connectivity index (χ3v) is 2.94. The van der Waals surface area contributed by atoms with Gasteiger partial charge in [-0.1, -0.05) is 6.07 Å². The van der Waals surface area contributed by atoms with Crippen LogP contribution < -0.4 is 5.32 Å². The lowest BCUT2D eigenvalue weighted by Gasteiger charge is -2.08. The van der Waals surface area contributed by atoms with Gasteiger partial charge in [-0.25, -0.2) is 4.98 Å². The summed E-state index contributed by atoms with van der Waals surface area (Å²) in [4.78, 5) is 8.55. The third-order valence-electron chi connectivity index (χ3n) is 2.30. The van der Waals surface area contributed by atoms with E-state index in [1.165, 1.54) is 5.56 Å². The van der Waals surface area contributed by atoms with Crippen molar-refractivity contribution in [3.8, 4) is 0 Å². The molecule has 0 amide bonds. The Hall–Kier alpha value is -1.42. The van der Waals surface area contributed by atoms with Crippen molar-refractivity contribution in [3.63, 3.8) is 0 Å². The second-order valence-electron chi connectivity index (χ2n) is 3.45. The van der Waals surface area contributed by atoms with E-state index in [0.29, 0.717) is 6.54 Å². The van der Waals surface area contributed by atoms with Crippen molar-refractivity contribution in [2.24, 2.45) is 0 Å². The molecule has 4 heteroatoms. The maximum Gasteiger partial charge on any atom is 0.140 e. The molecule has 0 radical (unpaired) electrons. The number of halogens is 1. The Bertz CT molecular complexity index is 440. The van der Waals surface area contributed by atoms with E-state index in [4.69, 9.17) is 0 Å². The highest BCUT2D eigenvalue weighted by atomic mass is 79.9. The van der Waals surface area contributed by atoms with Gasteiger partial charge in [0.1, 0.15) is 5.82 Å². The normalized spacial score (nSPS) is 10.1. The van der Waals surface area contributed by atoms with Gasteiger partial charge < -0.3 is 5.32 Å². The number of nitrogens with zero attached hydrogens (tertiary/aromatic N) is 2. The molecule has 0 saturated carbocycles.